The molecule has 6 nitrogen and oxygen atoms in total. The van der Waals surface area contributed by atoms with E-state index in [0.717, 1.165) is 19.4 Å². The van der Waals surface area contributed by atoms with Crippen molar-refractivity contribution in [3.63, 3.8) is 0 Å². The van der Waals surface area contributed by atoms with Crippen molar-refractivity contribution < 1.29 is 13.2 Å². The number of nitrogens with zero attached hydrogens (tertiary/aromatic N) is 3. The van der Waals surface area contributed by atoms with Gasteiger partial charge in [-0.25, -0.2) is 8.42 Å². The Morgan fingerprint density at radius 2 is 1.76 bits per heavy atom. The summed E-state index contributed by atoms with van der Waals surface area (Å²) in [4.78, 5) is 18.9. The second kappa shape index (κ2) is 8.55. The van der Waals surface area contributed by atoms with Crippen LogP contribution >= 0.6 is 11.3 Å². The normalized spacial score (nSPS) is 22.7. The van der Waals surface area contributed by atoms with Crippen LogP contribution in [0.25, 0.3) is 0 Å². The maximum atomic E-state index is 13.1. The Balaban J connectivity index is 1.39. The third-order valence-corrected chi connectivity index (χ3v) is 8.84. The molecule has 2 fully saturated rings. The molecule has 4 rings (SSSR count). The maximum Gasteiger partial charge on any atom is 0.243 e. The largest absolute Gasteiger partial charge is 0.339 e. The quantitative estimate of drug-likeness (QED) is 0.728. The lowest BCUT2D eigenvalue weighted by molar-refractivity contribution is -0.138. The number of rotatable bonds is 5. The molecular weight excluding hydrogens is 406 g/mol. The van der Waals surface area contributed by atoms with Gasteiger partial charge in [0, 0.05) is 37.1 Å². The summed E-state index contributed by atoms with van der Waals surface area (Å²) in [6, 6.07) is 12.8. The van der Waals surface area contributed by atoms with E-state index in [4.69, 9.17) is 0 Å². The number of likely N-dealkylation sites (tertiary alicyclic amines) is 1. The van der Waals surface area contributed by atoms with Crippen LogP contribution in [-0.2, 0) is 14.8 Å². The van der Waals surface area contributed by atoms with Crippen molar-refractivity contribution in [2.24, 2.45) is 0 Å². The average molecular weight is 434 g/mol. The third kappa shape index (κ3) is 4.12. The number of hydrogen-bond acceptors (Lipinski definition) is 5. The molecule has 0 spiro atoms. The van der Waals surface area contributed by atoms with Crippen LogP contribution in [0.4, 0.5) is 0 Å². The van der Waals surface area contributed by atoms with E-state index >= 15 is 0 Å². The number of benzene rings is 1. The highest BCUT2D eigenvalue weighted by Gasteiger charge is 2.37. The monoisotopic (exact) mass is 433 g/mol. The van der Waals surface area contributed by atoms with Gasteiger partial charge >= 0.3 is 0 Å². The van der Waals surface area contributed by atoms with Gasteiger partial charge in [-0.1, -0.05) is 24.3 Å². The van der Waals surface area contributed by atoms with Crippen LogP contribution < -0.4 is 0 Å². The smallest absolute Gasteiger partial charge is 0.243 e. The van der Waals surface area contributed by atoms with E-state index < -0.39 is 10.0 Å². The number of amides is 1. The molecule has 0 aliphatic carbocycles. The van der Waals surface area contributed by atoms with Crippen molar-refractivity contribution in [2.45, 2.75) is 36.7 Å². The van der Waals surface area contributed by atoms with E-state index in [9.17, 15) is 13.2 Å². The first-order chi connectivity index (χ1) is 14.0. The lowest BCUT2D eigenvalue weighted by atomic mass is 10.1. The summed E-state index contributed by atoms with van der Waals surface area (Å²) >= 11 is 1.75. The van der Waals surface area contributed by atoms with Crippen molar-refractivity contribution >= 4 is 27.3 Å². The Kier molecular flexibility index (Phi) is 6.06. The summed E-state index contributed by atoms with van der Waals surface area (Å²) in [6.45, 7) is 4.47. The van der Waals surface area contributed by atoms with E-state index in [-0.39, 0.29) is 11.9 Å². The van der Waals surface area contributed by atoms with Gasteiger partial charge in [0.25, 0.3) is 0 Å². The lowest BCUT2D eigenvalue weighted by Crippen LogP contribution is -2.55. The highest BCUT2D eigenvalue weighted by molar-refractivity contribution is 7.89. The van der Waals surface area contributed by atoms with Crippen LogP contribution in [-0.4, -0.2) is 67.2 Å². The number of carbonyl (C=O) groups is 1. The van der Waals surface area contributed by atoms with Gasteiger partial charge in [0.15, 0.2) is 0 Å². The Morgan fingerprint density at radius 1 is 1.03 bits per heavy atom. The Hall–Kier alpha value is -1.74. The fourth-order valence-electron chi connectivity index (χ4n) is 4.34. The molecule has 156 valence electrons. The molecule has 0 N–H and O–H groups in total. The first kappa shape index (κ1) is 20.5. The average Bonchev–Trinajstić information content (AvgIpc) is 3.45. The van der Waals surface area contributed by atoms with Gasteiger partial charge in [-0.3, -0.25) is 9.69 Å². The Morgan fingerprint density at radius 3 is 2.41 bits per heavy atom. The van der Waals surface area contributed by atoms with Crippen LogP contribution in [0.3, 0.4) is 0 Å². The maximum absolute atomic E-state index is 13.1. The van der Waals surface area contributed by atoms with Gasteiger partial charge < -0.3 is 4.90 Å². The molecule has 0 radical (unpaired) electrons. The zero-order valence-electron chi connectivity index (χ0n) is 16.6. The zero-order valence-corrected chi connectivity index (χ0v) is 18.2. The molecule has 2 saturated heterocycles. The molecule has 29 heavy (non-hydrogen) atoms. The minimum Gasteiger partial charge on any atom is -0.339 e. The Labute approximate surface area is 176 Å². The van der Waals surface area contributed by atoms with Gasteiger partial charge in [-0.2, -0.15) is 4.31 Å². The van der Waals surface area contributed by atoms with E-state index in [1.54, 1.807) is 41.7 Å². The molecule has 0 unspecified atom stereocenters. The number of carbonyl (C=O) groups excluding carboxylic acids is 1. The highest BCUT2D eigenvalue weighted by Crippen LogP contribution is 2.36. The van der Waals surface area contributed by atoms with Crippen molar-refractivity contribution in [3.8, 4) is 0 Å². The van der Waals surface area contributed by atoms with Crippen LogP contribution in [0.1, 0.15) is 30.7 Å². The fraction of sp³-hybridized carbons (Fsp3) is 0.476. The Bertz CT molecular complexity index is 923. The molecule has 1 aromatic heterocycles. The second-order valence-corrected chi connectivity index (χ2v) is 10.5. The van der Waals surface area contributed by atoms with Crippen molar-refractivity contribution in [1.82, 2.24) is 14.1 Å². The van der Waals surface area contributed by atoms with Crippen LogP contribution in [0.2, 0.25) is 0 Å². The summed E-state index contributed by atoms with van der Waals surface area (Å²) in [5.74, 6) is 0.102. The van der Waals surface area contributed by atoms with Gasteiger partial charge in [0.05, 0.1) is 10.9 Å². The predicted molar refractivity (Wildman–Crippen MR) is 114 cm³/mol. The molecule has 0 saturated carbocycles. The van der Waals surface area contributed by atoms with E-state index in [0.29, 0.717) is 37.1 Å². The molecule has 2 aliphatic heterocycles. The fourth-order valence-corrected chi connectivity index (χ4v) is 6.66. The summed E-state index contributed by atoms with van der Waals surface area (Å²) in [5, 5.41) is 2.09. The standard InChI is InChI=1S/C21H27N3O3S2/c1-17(24-11-5-9-19(24)20-10-6-16-28-20)21(25)22-12-14-23(15-13-22)29(26,27)18-7-3-2-4-8-18/h2-4,6-8,10,16-17,19H,5,9,11-15H2,1H3/t17-,19-/m1/s1. The second-order valence-electron chi connectivity index (χ2n) is 7.63. The highest BCUT2D eigenvalue weighted by atomic mass is 32.2. The number of thiophene rings is 1. The predicted octanol–water partition coefficient (Wildman–Crippen LogP) is 2.81. The van der Waals surface area contributed by atoms with E-state index in [2.05, 4.69) is 22.4 Å². The molecule has 8 heteroatoms. The first-order valence-corrected chi connectivity index (χ1v) is 12.4. The summed E-state index contributed by atoms with van der Waals surface area (Å²) < 4.78 is 27.1. The molecule has 3 heterocycles. The molecule has 2 aromatic rings. The third-order valence-electron chi connectivity index (χ3n) is 5.95. The topological polar surface area (TPSA) is 60.9 Å². The van der Waals surface area contributed by atoms with Crippen LogP contribution in [0, 0.1) is 0 Å². The zero-order chi connectivity index (χ0) is 20.4. The van der Waals surface area contributed by atoms with Crippen LogP contribution in [0.15, 0.2) is 52.7 Å². The van der Waals surface area contributed by atoms with Crippen molar-refractivity contribution in [3.05, 3.63) is 52.7 Å². The van der Waals surface area contributed by atoms with Gasteiger partial charge in [0.2, 0.25) is 15.9 Å². The van der Waals surface area contributed by atoms with Crippen molar-refractivity contribution in [2.75, 3.05) is 32.7 Å². The van der Waals surface area contributed by atoms with Crippen LogP contribution in [0.5, 0.6) is 0 Å². The lowest BCUT2D eigenvalue weighted by Gasteiger charge is -2.38. The number of piperazine rings is 1. The minimum absolute atomic E-state index is 0.102. The molecule has 2 atom stereocenters. The molecule has 0 bridgehead atoms. The first-order valence-electron chi connectivity index (χ1n) is 10.1. The molecule has 2 aliphatic rings. The number of sulfonamides is 1. The summed E-state index contributed by atoms with van der Waals surface area (Å²) in [5.41, 5.74) is 0. The molecule has 1 amide bonds. The summed E-state index contributed by atoms with van der Waals surface area (Å²) in [7, 11) is -3.50. The van der Waals surface area contributed by atoms with Gasteiger partial charge in [-0.05, 0) is 49.9 Å². The van der Waals surface area contributed by atoms with Gasteiger partial charge in [0.1, 0.15) is 0 Å². The number of hydrogen-bond donors (Lipinski definition) is 0. The molecule has 1 aromatic carbocycles. The molecular formula is C21H27N3O3S2. The SMILES string of the molecule is C[C@H](C(=O)N1CCN(S(=O)(=O)c2ccccc2)CC1)N1CCC[C@@H]1c1cccs1. The van der Waals surface area contributed by atoms with E-state index in [1.165, 1.54) is 9.18 Å². The van der Waals surface area contributed by atoms with E-state index in [1.807, 2.05) is 11.8 Å². The van der Waals surface area contributed by atoms with Gasteiger partial charge in [-0.15, -0.1) is 11.3 Å². The minimum atomic E-state index is -3.50. The summed E-state index contributed by atoms with van der Waals surface area (Å²) in [6.07, 6.45) is 2.19. The van der Waals surface area contributed by atoms with Crippen molar-refractivity contribution in [1.29, 1.82) is 0 Å².